The Balaban J connectivity index is 2.82. The molecule has 4 heteroatoms. The Hall–Kier alpha value is -1.29. The molecule has 0 aliphatic carbocycles. The van der Waals surface area contributed by atoms with Crippen LogP contribution >= 0.6 is 11.3 Å². The largest absolute Gasteiger partial charge is 0.497 e. The minimum absolute atomic E-state index is 0.252. The molecule has 0 saturated heterocycles. The molecule has 0 radical (unpaired) electrons. The van der Waals surface area contributed by atoms with E-state index in [4.69, 9.17) is 4.74 Å². The summed E-state index contributed by atoms with van der Waals surface area (Å²) >= 11 is 1.50. The average Bonchev–Trinajstić information content (AvgIpc) is 2.64. The highest BCUT2D eigenvalue weighted by Gasteiger charge is 2.11. The molecule has 0 bridgehead atoms. The fourth-order valence-electron chi connectivity index (χ4n) is 1.04. The molecule has 0 aromatic carbocycles. The second kappa shape index (κ2) is 4.81. The quantitative estimate of drug-likeness (QED) is 0.566. The molecule has 1 aromatic rings. The van der Waals surface area contributed by atoms with E-state index >= 15 is 0 Å². The lowest BCUT2D eigenvalue weighted by Gasteiger charge is -2.04. The Morgan fingerprint density at radius 1 is 1.50 bits per heavy atom. The number of carbonyl (C=O) groups is 1. The predicted molar refractivity (Wildman–Crippen MR) is 56.1 cm³/mol. The van der Waals surface area contributed by atoms with Crippen LogP contribution < -0.4 is 0 Å². The van der Waals surface area contributed by atoms with E-state index in [0.29, 0.717) is 5.76 Å². The van der Waals surface area contributed by atoms with Crippen molar-refractivity contribution in [3.63, 3.8) is 0 Å². The summed E-state index contributed by atoms with van der Waals surface area (Å²) in [5.41, 5.74) is 0.878. The van der Waals surface area contributed by atoms with Crippen LogP contribution in [0, 0.1) is 0 Å². The third-order valence-corrected chi connectivity index (χ3v) is 2.75. The van der Waals surface area contributed by atoms with Gasteiger partial charge in [-0.25, -0.2) is 0 Å². The molecular weight excluding hydrogens is 200 g/mol. The normalized spacial score (nSPS) is 9.57. The molecule has 1 heterocycles. The zero-order chi connectivity index (χ0) is 10.6. The molecule has 76 valence electrons. The minimum Gasteiger partial charge on any atom is -0.497 e. The van der Waals surface area contributed by atoms with Crippen LogP contribution in [0.1, 0.15) is 10.4 Å². The first kappa shape index (κ1) is 10.8. The first-order chi connectivity index (χ1) is 6.69. The van der Waals surface area contributed by atoms with Gasteiger partial charge in [-0.15, -0.1) is 11.3 Å². The van der Waals surface area contributed by atoms with Crippen LogP contribution in [0.5, 0.6) is 0 Å². The fourth-order valence-corrected chi connectivity index (χ4v) is 1.92. The fraction of sp³-hybridized carbons (Fsp3) is 0.300. The second-order valence-electron chi connectivity index (χ2n) is 2.64. The third-order valence-electron chi connectivity index (χ3n) is 1.82. The summed E-state index contributed by atoms with van der Waals surface area (Å²) in [5, 5.41) is 1.90. The SMILES string of the molecule is C=C(OC)c1ccsc1CC(=O)OC. The van der Waals surface area contributed by atoms with Crippen molar-refractivity contribution in [3.8, 4) is 0 Å². The minimum atomic E-state index is -0.252. The van der Waals surface area contributed by atoms with Crippen LogP contribution in [0.2, 0.25) is 0 Å². The third kappa shape index (κ3) is 2.35. The first-order valence-corrected chi connectivity index (χ1v) is 4.93. The van der Waals surface area contributed by atoms with E-state index in [9.17, 15) is 4.79 Å². The van der Waals surface area contributed by atoms with Gasteiger partial charge < -0.3 is 9.47 Å². The smallest absolute Gasteiger partial charge is 0.310 e. The molecule has 0 N–H and O–H groups in total. The number of esters is 1. The van der Waals surface area contributed by atoms with Crippen molar-refractivity contribution >= 4 is 23.1 Å². The Labute approximate surface area is 87.0 Å². The number of methoxy groups -OCH3 is 2. The van der Waals surface area contributed by atoms with Crippen LogP contribution in [0.25, 0.3) is 5.76 Å². The summed E-state index contributed by atoms with van der Waals surface area (Å²) in [6.45, 7) is 3.74. The van der Waals surface area contributed by atoms with E-state index in [1.807, 2.05) is 11.4 Å². The Morgan fingerprint density at radius 3 is 2.79 bits per heavy atom. The number of hydrogen-bond acceptors (Lipinski definition) is 4. The van der Waals surface area contributed by atoms with Crippen LogP contribution in [0.4, 0.5) is 0 Å². The molecule has 1 rings (SSSR count). The summed E-state index contributed by atoms with van der Waals surface area (Å²) in [4.78, 5) is 12.0. The summed E-state index contributed by atoms with van der Waals surface area (Å²) in [5.74, 6) is 0.322. The number of thiophene rings is 1. The zero-order valence-electron chi connectivity index (χ0n) is 8.20. The van der Waals surface area contributed by atoms with Gasteiger partial charge in [-0.05, 0) is 11.4 Å². The Bertz CT molecular complexity index is 341. The van der Waals surface area contributed by atoms with Gasteiger partial charge in [0.2, 0.25) is 0 Å². The van der Waals surface area contributed by atoms with Gasteiger partial charge in [0.05, 0.1) is 20.6 Å². The van der Waals surface area contributed by atoms with Crippen molar-refractivity contribution < 1.29 is 14.3 Å². The topological polar surface area (TPSA) is 35.5 Å². The molecule has 0 unspecified atom stereocenters. The number of carbonyl (C=O) groups excluding carboxylic acids is 1. The number of ether oxygens (including phenoxy) is 2. The van der Waals surface area contributed by atoms with Crippen molar-refractivity contribution in [1.29, 1.82) is 0 Å². The van der Waals surface area contributed by atoms with Crippen molar-refractivity contribution in [3.05, 3.63) is 28.5 Å². The van der Waals surface area contributed by atoms with Crippen molar-refractivity contribution in [2.45, 2.75) is 6.42 Å². The van der Waals surface area contributed by atoms with Gasteiger partial charge in [-0.3, -0.25) is 4.79 Å². The lowest BCUT2D eigenvalue weighted by molar-refractivity contribution is -0.139. The van der Waals surface area contributed by atoms with Gasteiger partial charge >= 0.3 is 5.97 Å². The van der Waals surface area contributed by atoms with E-state index < -0.39 is 0 Å². The second-order valence-corrected chi connectivity index (χ2v) is 3.64. The Kier molecular flexibility index (Phi) is 3.71. The van der Waals surface area contributed by atoms with Gasteiger partial charge in [-0.2, -0.15) is 0 Å². The molecule has 0 aliphatic rings. The molecule has 14 heavy (non-hydrogen) atoms. The maximum atomic E-state index is 11.1. The molecule has 0 saturated carbocycles. The van der Waals surface area contributed by atoms with Crippen LogP contribution in [-0.4, -0.2) is 20.2 Å². The van der Waals surface area contributed by atoms with Crippen molar-refractivity contribution in [2.75, 3.05) is 14.2 Å². The van der Waals surface area contributed by atoms with Gasteiger partial charge in [-0.1, -0.05) is 6.58 Å². The summed E-state index contributed by atoms with van der Waals surface area (Å²) < 4.78 is 9.60. The van der Waals surface area contributed by atoms with Gasteiger partial charge in [0.15, 0.2) is 0 Å². The van der Waals surface area contributed by atoms with Crippen molar-refractivity contribution in [1.82, 2.24) is 0 Å². The predicted octanol–water partition coefficient (Wildman–Crippen LogP) is 2.08. The lowest BCUT2D eigenvalue weighted by atomic mass is 10.2. The van der Waals surface area contributed by atoms with Gasteiger partial charge in [0, 0.05) is 10.4 Å². The van der Waals surface area contributed by atoms with E-state index in [1.165, 1.54) is 18.4 Å². The molecule has 0 atom stereocenters. The van der Waals surface area contributed by atoms with E-state index in [2.05, 4.69) is 11.3 Å². The molecule has 0 amide bonds. The molecule has 0 fully saturated rings. The molecular formula is C10H12O3S. The molecule has 0 spiro atoms. The summed E-state index contributed by atoms with van der Waals surface area (Å²) in [7, 11) is 2.93. The summed E-state index contributed by atoms with van der Waals surface area (Å²) in [6.07, 6.45) is 0.270. The number of rotatable bonds is 4. The highest BCUT2D eigenvalue weighted by Crippen LogP contribution is 2.24. The van der Waals surface area contributed by atoms with Gasteiger partial charge in [0.1, 0.15) is 5.76 Å². The van der Waals surface area contributed by atoms with E-state index in [1.54, 1.807) is 7.11 Å². The maximum Gasteiger partial charge on any atom is 0.310 e. The average molecular weight is 212 g/mol. The lowest BCUT2D eigenvalue weighted by Crippen LogP contribution is -2.04. The monoisotopic (exact) mass is 212 g/mol. The molecule has 0 aliphatic heterocycles. The highest BCUT2D eigenvalue weighted by molar-refractivity contribution is 7.10. The van der Waals surface area contributed by atoms with Crippen LogP contribution in [-0.2, 0) is 20.7 Å². The molecule has 1 aromatic heterocycles. The highest BCUT2D eigenvalue weighted by atomic mass is 32.1. The van der Waals surface area contributed by atoms with E-state index in [-0.39, 0.29) is 12.4 Å². The van der Waals surface area contributed by atoms with Gasteiger partial charge in [0.25, 0.3) is 0 Å². The first-order valence-electron chi connectivity index (χ1n) is 4.05. The van der Waals surface area contributed by atoms with Crippen LogP contribution in [0.3, 0.4) is 0 Å². The van der Waals surface area contributed by atoms with Crippen LogP contribution in [0.15, 0.2) is 18.0 Å². The standard InChI is InChI=1S/C10H12O3S/c1-7(12-2)8-4-5-14-9(8)6-10(11)13-3/h4-5H,1,6H2,2-3H3. The Morgan fingerprint density at radius 2 is 2.21 bits per heavy atom. The van der Waals surface area contributed by atoms with E-state index in [0.717, 1.165) is 10.4 Å². The molecule has 3 nitrogen and oxygen atoms in total. The van der Waals surface area contributed by atoms with Crippen molar-refractivity contribution in [2.24, 2.45) is 0 Å². The number of hydrogen-bond donors (Lipinski definition) is 0. The summed E-state index contributed by atoms with van der Waals surface area (Å²) in [6, 6.07) is 1.88. The maximum absolute atomic E-state index is 11.1. The zero-order valence-corrected chi connectivity index (χ0v) is 9.02.